The number of rotatable bonds is 7. The summed E-state index contributed by atoms with van der Waals surface area (Å²) >= 11 is 0. The Morgan fingerprint density at radius 3 is 2.50 bits per heavy atom. The second-order valence-corrected chi connectivity index (χ2v) is 10.2. The highest BCUT2D eigenvalue weighted by Crippen LogP contribution is 2.38. The second-order valence-electron chi connectivity index (χ2n) is 8.35. The first-order valence-corrected chi connectivity index (χ1v) is 12.5. The van der Waals surface area contributed by atoms with E-state index in [1.807, 2.05) is 50.2 Å². The molecule has 178 valence electrons. The van der Waals surface area contributed by atoms with Gasteiger partial charge >= 0.3 is 0 Å². The van der Waals surface area contributed by atoms with Gasteiger partial charge in [-0.15, -0.1) is 0 Å². The molecule has 0 aliphatic carbocycles. The van der Waals surface area contributed by atoms with E-state index in [0.29, 0.717) is 23.7 Å². The van der Waals surface area contributed by atoms with Crippen LogP contribution in [0.5, 0.6) is 11.5 Å². The molecule has 0 saturated carbocycles. The molecule has 0 saturated heterocycles. The molecule has 1 amide bonds. The van der Waals surface area contributed by atoms with E-state index in [1.54, 1.807) is 24.3 Å². The van der Waals surface area contributed by atoms with Crippen molar-refractivity contribution in [3.05, 3.63) is 83.9 Å². The van der Waals surface area contributed by atoms with Crippen molar-refractivity contribution in [3.8, 4) is 11.5 Å². The van der Waals surface area contributed by atoms with Gasteiger partial charge in [0.1, 0.15) is 11.5 Å². The number of amides is 1. The number of benzene rings is 3. The molecule has 0 unspecified atom stereocenters. The zero-order chi connectivity index (χ0) is 24.3. The Hall–Kier alpha value is -3.52. The van der Waals surface area contributed by atoms with Gasteiger partial charge in [-0.05, 0) is 60.4 Å². The summed E-state index contributed by atoms with van der Waals surface area (Å²) in [6.07, 6.45) is -0.981. The average Bonchev–Trinajstić information content (AvgIpc) is 2.86. The van der Waals surface area contributed by atoms with E-state index in [0.717, 1.165) is 11.1 Å². The molecule has 4 rings (SSSR count). The molecule has 34 heavy (non-hydrogen) atoms. The number of carbonyl (C=O) groups is 1. The summed E-state index contributed by atoms with van der Waals surface area (Å²) in [4.78, 5) is 13.2. The van der Waals surface area contributed by atoms with Gasteiger partial charge in [0.05, 0.1) is 24.2 Å². The maximum Gasteiger partial charge on any atom is 0.264 e. The Morgan fingerprint density at radius 1 is 1.12 bits per heavy atom. The fraction of sp³-hybridized carbons (Fsp3) is 0.269. The number of aryl methyl sites for hydroxylation is 1. The zero-order valence-corrected chi connectivity index (χ0v) is 20.2. The highest BCUT2D eigenvalue weighted by molar-refractivity contribution is 7.92. The standard InChI is InChI=1S/C26H28N2O5S/c1-18-9-14-23-24(15-18)33-25(26(29)27-16-19(2)20-7-5-4-6-8-20)17-28(23)34(30,31)22-12-10-21(32-3)11-13-22/h4-15,19,25H,16-17H2,1-3H3,(H,27,29)/t19-,25-/m0/s1. The quantitative estimate of drug-likeness (QED) is 0.555. The molecular weight excluding hydrogens is 452 g/mol. The molecule has 0 bridgehead atoms. The minimum Gasteiger partial charge on any atom is -0.497 e. The lowest BCUT2D eigenvalue weighted by molar-refractivity contribution is -0.127. The molecule has 2 atom stereocenters. The number of fused-ring (bicyclic) bond motifs is 1. The van der Waals surface area contributed by atoms with Crippen LogP contribution in [-0.2, 0) is 14.8 Å². The lowest BCUT2D eigenvalue weighted by Gasteiger charge is -2.35. The first-order chi connectivity index (χ1) is 16.3. The number of nitrogens with one attached hydrogen (secondary N) is 1. The number of anilines is 1. The van der Waals surface area contributed by atoms with Gasteiger partial charge in [0.2, 0.25) is 0 Å². The minimum atomic E-state index is -3.94. The fourth-order valence-electron chi connectivity index (χ4n) is 3.87. The molecule has 3 aromatic rings. The van der Waals surface area contributed by atoms with E-state index in [9.17, 15) is 13.2 Å². The first-order valence-electron chi connectivity index (χ1n) is 11.1. The van der Waals surface area contributed by atoms with Crippen LogP contribution in [0.1, 0.15) is 24.0 Å². The van der Waals surface area contributed by atoms with Crippen LogP contribution in [0.3, 0.4) is 0 Å². The van der Waals surface area contributed by atoms with E-state index < -0.39 is 16.1 Å². The summed E-state index contributed by atoms with van der Waals surface area (Å²) in [5.41, 5.74) is 2.42. The van der Waals surface area contributed by atoms with Crippen LogP contribution in [-0.4, -0.2) is 40.6 Å². The van der Waals surface area contributed by atoms with Crippen molar-refractivity contribution in [1.82, 2.24) is 5.32 Å². The smallest absolute Gasteiger partial charge is 0.264 e. The van der Waals surface area contributed by atoms with E-state index >= 15 is 0 Å². The highest BCUT2D eigenvalue weighted by atomic mass is 32.2. The van der Waals surface area contributed by atoms with Crippen molar-refractivity contribution in [3.63, 3.8) is 0 Å². The largest absolute Gasteiger partial charge is 0.497 e. The molecule has 0 aromatic heterocycles. The Kier molecular flexibility index (Phi) is 6.79. The van der Waals surface area contributed by atoms with Gasteiger partial charge in [0, 0.05) is 6.54 Å². The van der Waals surface area contributed by atoms with E-state index in [4.69, 9.17) is 9.47 Å². The Labute approximate surface area is 200 Å². The number of hydrogen-bond acceptors (Lipinski definition) is 5. The van der Waals surface area contributed by atoms with Crippen LogP contribution >= 0.6 is 0 Å². The predicted octanol–water partition coefficient (Wildman–Crippen LogP) is 3.88. The maximum atomic E-state index is 13.6. The Morgan fingerprint density at radius 2 is 1.82 bits per heavy atom. The predicted molar refractivity (Wildman–Crippen MR) is 131 cm³/mol. The number of ether oxygens (including phenoxy) is 2. The van der Waals surface area contributed by atoms with Crippen molar-refractivity contribution in [2.75, 3.05) is 24.5 Å². The van der Waals surface area contributed by atoms with Crippen LogP contribution in [0, 0.1) is 6.92 Å². The highest BCUT2D eigenvalue weighted by Gasteiger charge is 2.37. The third-order valence-electron chi connectivity index (χ3n) is 5.88. The number of nitrogens with zero attached hydrogens (tertiary/aromatic N) is 1. The number of sulfonamides is 1. The lowest BCUT2D eigenvalue weighted by Crippen LogP contribution is -2.51. The van der Waals surface area contributed by atoms with E-state index in [-0.39, 0.29) is 23.3 Å². The summed E-state index contributed by atoms with van der Waals surface area (Å²) in [5, 5.41) is 2.92. The molecule has 8 heteroatoms. The van der Waals surface area contributed by atoms with Crippen LogP contribution in [0.15, 0.2) is 77.7 Å². The van der Waals surface area contributed by atoms with Crippen LogP contribution in [0.4, 0.5) is 5.69 Å². The van der Waals surface area contributed by atoms with Gasteiger partial charge in [-0.2, -0.15) is 0 Å². The van der Waals surface area contributed by atoms with Gasteiger partial charge in [0.15, 0.2) is 6.10 Å². The van der Waals surface area contributed by atoms with Crippen molar-refractivity contribution < 1.29 is 22.7 Å². The van der Waals surface area contributed by atoms with Crippen LogP contribution < -0.4 is 19.1 Å². The molecule has 1 N–H and O–H groups in total. The summed E-state index contributed by atoms with van der Waals surface area (Å²) in [6, 6.07) is 21.3. The Balaban J connectivity index is 1.58. The molecule has 0 radical (unpaired) electrons. The molecule has 0 spiro atoms. The topological polar surface area (TPSA) is 84.9 Å². The van der Waals surface area contributed by atoms with Crippen LogP contribution in [0.2, 0.25) is 0 Å². The number of hydrogen-bond donors (Lipinski definition) is 1. The second kappa shape index (κ2) is 9.77. The summed E-state index contributed by atoms with van der Waals surface area (Å²) < 4.78 is 39.5. The molecule has 1 heterocycles. The molecule has 3 aromatic carbocycles. The molecule has 1 aliphatic rings. The summed E-state index contributed by atoms with van der Waals surface area (Å²) in [6.45, 7) is 4.19. The van der Waals surface area contributed by atoms with Crippen molar-refractivity contribution in [2.45, 2.75) is 30.8 Å². The monoisotopic (exact) mass is 480 g/mol. The van der Waals surface area contributed by atoms with Crippen molar-refractivity contribution in [2.24, 2.45) is 0 Å². The number of carbonyl (C=O) groups excluding carboxylic acids is 1. The molecule has 7 nitrogen and oxygen atoms in total. The summed E-state index contributed by atoms with van der Waals surface area (Å²) in [5.74, 6) is 0.661. The Bertz CT molecular complexity index is 1260. The normalized spacial score (nSPS) is 16.2. The van der Waals surface area contributed by atoms with Gasteiger partial charge in [0.25, 0.3) is 15.9 Å². The van der Waals surface area contributed by atoms with Crippen molar-refractivity contribution >= 4 is 21.6 Å². The van der Waals surface area contributed by atoms with E-state index in [1.165, 1.54) is 23.5 Å². The third-order valence-corrected chi connectivity index (χ3v) is 7.67. The average molecular weight is 481 g/mol. The third kappa shape index (κ3) is 4.87. The van der Waals surface area contributed by atoms with Gasteiger partial charge in [-0.1, -0.05) is 43.3 Å². The van der Waals surface area contributed by atoms with E-state index in [2.05, 4.69) is 5.32 Å². The summed E-state index contributed by atoms with van der Waals surface area (Å²) in [7, 11) is -2.42. The minimum absolute atomic E-state index is 0.0995. The van der Waals surface area contributed by atoms with Gasteiger partial charge < -0.3 is 14.8 Å². The fourth-order valence-corrected chi connectivity index (χ4v) is 5.34. The molecule has 0 fully saturated rings. The molecular formula is C26H28N2O5S. The van der Waals surface area contributed by atoms with Gasteiger partial charge in [-0.3, -0.25) is 9.10 Å². The zero-order valence-electron chi connectivity index (χ0n) is 19.4. The van der Waals surface area contributed by atoms with Crippen LogP contribution in [0.25, 0.3) is 0 Å². The maximum absolute atomic E-state index is 13.6. The van der Waals surface area contributed by atoms with Crippen molar-refractivity contribution in [1.29, 1.82) is 0 Å². The number of methoxy groups -OCH3 is 1. The van der Waals surface area contributed by atoms with Gasteiger partial charge in [-0.25, -0.2) is 8.42 Å². The first kappa shape index (κ1) is 23.6. The molecule has 1 aliphatic heterocycles. The lowest BCUT2D eigenvalue weighted by atomic mass is 10.0. The SMILES string of the molecule is COc1ccc(S(=O)(=O)N2C[C@@H](C(=O)NC[C@H](C)c3ccccc3)Oc3cc(C)ccc32)cc1.